The summed E-state index contributed by atoms with van der Waals surface area (Å²) < 4.78 is 34.1. The number of hydrogen-bond donors (Lipinski definition) is 2. The Balaban J connectivity index is 1.50. The van der Waals surface area contributed by atoms with Crippen LogP contribution in [-0.4, -0.2) is 44.7 Å². The molecule has 1 saturated heterocycles. The van der Waals surface area contributed by atoms with E-state index in [1.165, 1.54) is 0 Å². The normalized spacial score (nSPS) is 14.2. The molecule has 1 aromatic heterocycles. The van der Waals surface area contributed by atoms with Gasteiger partial charge in [0.1, 0.15) is 17.5 Å². The molecule has 2 N–H and O–H groups in total. The number of ether oxygens (including phenoxy) is 1. The van der Waals surface area contributed by atoms with Crippen molar-refractivity contribution in [1.82, 2.24) is 9.97 Å². The highest BCUT2D eigenvalue weighted by atomic mass is 32.2. The maximum atomic E-state index is 13.0. The van der Waals surface area contributed by atoms with Crippen molar-refractivity contribution in [3.8, 4) is 0 Å². The van der Waals surface area contributed by atoms with Gasteiger partial charge in [-0.15, -0.1) is 0 Å². The van der Waals surface area contributed by atoms with Crippen LogP contribution in [0, 0.1) is 27.7 Å². The highest BCUT2D eigenvalue weighted by molar-refractivity contribution is 7.92. The summed E-state index contributed by atoms with van der Waals surface area (Å²) in [5, 5.41) is 3.28. The molecular weight excluding hydrogens is 438 g/mol. The summed E-state index contributed by atoms with van der Waals surface area (Å²) in [6.45, 7) is 10.4. The van der Waals surface area contributed by atoms with Crippen molar-refractivity contribution >= 4 is 33.0 Å². The van der Waals surface area contributed by atoms with E-state index in [9.17, 15) is 8.42 Å². The van der Waals surface area contributed by atoms with Crippen LogP contribution in [0.25, 0.3) is 0 Å². The Morgan fingerprint density at radius 3 is 2.12 bits per heavy atom. The van der Waals surface area contributed by atoms with Crippen LogP contribution in [0.2, 0.25) is 0 Å². The molecule has 33 heavy (non-hydrogen) atoms. The highest BCUT2D eigenvalue weighted by Gasteiger charge is 2.20. The molecule has 2 heterocycles. The number of nitrogens with one attached hydrogen (secondary N) is 2. The maximum Gasteiger partial charge on any atom is 0.262 e. The lowest BCUT2D eigenvalue weighted by Gasteiger charge is -2.28. The van der Waals surface area contributed by atoms with Crippen molar-refractivity contribution in [2.75, 3.05) is 41.2 Å². The van der Waals surface area contributed by atoms with Gasteiger partial charge in [-0.05, 0) is 63.1 Å². The van der Waals surface area contributed by atoms with E-state index in [1.54, 1.807) is 12.1 Å². The molecule has 0 spiro atoms. The third-order valence-electron chi connectivity index (χ3n) is 5.44. The van der Waals surface area contributed by atoms with Gasteiger partial charge in [-0.1, -0.05) is 17.7 Å². The molecule has 2 aromatic carbocycles. The Morgan fingerprint density at radius 1 is 0.879 bits per heavy atom. The molecule has 8 nitrogen and oxygen atoms in total. The number of nitrogens with zero attached hydrogens (tertiary/aromatic N) is 3. The van der Waals surface area contributed by atoms with E-state index >= 15 is 0 Å². The quantitative estimate of drug-likeness (QED) is 0.564. The number of benzene rings is 2. The van der Waals surface area contributed by atoms with Gasteiger partial charge in [-0.25, -0.2) is 18.4 Å². The molecule has 0 unspecified atom stereocenters. The molecule has 0 bridgehead atoms. The van der Waals surface area contributed by atoms with Crippen molar-refractivity contribution in [2.45, 2.75) is 32.6 Å². The van der Waals surface area contributed by atoms with Crippen molar-refractivity contribution in [3.05, 3.63) is 65.0 Å². The number of anilines is 4. The Morgan fingerprint density at radius 2 is 1.48 bits per heavy atom. The molecule has 1 aliphatic rings. The number of aromatic nitrogens is 2. The maximum absolute atomic E-state index is 13.0. The van der Waals surface area contributed by atoms with Crippen molar-refractivity contribution in [1.29, 1.82) is 0 Å². The summed E-state index contributed by atoms with van der Waals surface area (Å²) in [5.74, 6) is 2.22. The van der Waals surface area contributed by atoms with Crippen LogP contribution in [0.1, 0.15) is 22.5 Å². The van der Waals surface area contributed by atoms with E-state index in [4.69, 9.17) is 4.74 Å². The van der Waals surface area contributed by atoms with Gasteiger partial charge >= 0.3 is 0 Å². The van der Waals surface area contributed by atoms with Crippen LogP contribution in [0.15, 0.2) is 47.4 Å². The van der Waals surface area contributed by atoms with Gasteiger partial charge in [0.2, 0.25) is 0 Å². The topological polar surface area (TPSA) is 96.5 Å². The van der Waals surface area contributed by atoms with E-state index in [0.717, 1.165) is 41.3 Å². The van der Waals surface area contributed by atoms with Gasteiger partial charge in [0, 0.05) is 30.5 Å². The van der Waals surface area contributed by atoms with Crippen molar-refractivity contribution < 1.29 is 13.2 Å². The summed E-state index contributed by atoms with van der Waals surface area (Å²) >= 11 is 0. The van der Waals surface area contributed by atoms with Gasteiger partial charge in [0.25, 0.3) is 10.0 Å². The van der Waals surface area contributed by atoms with Crippen LogP contribution >= 0.6 is 0 Å². The molecule has 3 aromatic rings. The molecule has 174 valence electrons. The Labute approximate surface area is 195 Å². The molecule has 0 aliphatic carbocycles. The first-order chi connectivity index (χ1) is 15.7. The molecule has 0 saturated carbocycles. The standard InChI is InChI=1S/C24H29N5O3S/c1-16-13-17(2)24(18(3)14-16)33(30,31)28-21-7-5-20(6-8-21)27-22-15-23(26-19(4)25-22)29-9-11-32-12-10-29/h5-8,13-15,28H,9-12H2,1-4H3,(H,25,26,27). The minimum atomic E-state index is -3.69. The molecular formula is C24H29N5O3S. The Kier molecular flexibility index (Phi) is 6.53. The van der Waals surface area contributed by atoms with Crippen molar-refractivity contribution in [3.63, 3.8) is 0 Å². The minimum absolute atomic E-state index is 0.322. The lowest BCUT2D eigenvalue weighted by Crippen LogP contribution is -2.36. The van der Waals surface area contributed by atoms with Gasteiger partial charge in [-0.3, -0.25) is 4.72 Å². The summed E-state index contributed by atoms with van der Waals surface area (Å²) in [4.78, 5) is 11.5. The van der Waals surface area contributed by atoms with Gasteiger partial charge in [0.05, 0.1) is 18.1 Å². The summed E-state index contributed by atoms with van der Waals surface area (Å²) in [5.41, 5.74) is 3.79. The molecule has 0 amide bonds. The van der Waals surface area contributed by atoms with E-state index in [0.29, 0.717) is 35.4 Å². The number of hydrogen-bond acceptors (Lipinski definition) is 7. The zero-order valence-electron chi connectivity index (χ0n) is 19.3. The predicted octanol–water partition coefficient (Wildman–Crippen LogP) is 4.09. The monoisotopic (exact) mass is 467 g/mol. The molecule has 0 radical (unpaired) electrons. The zero-order chi connectivity index (χ0) is 23.6. The van der Waals surface area contributed by atoms with E-state index in [-0.39, 0.29) is 0 Å². The van der Waals surface area contributed by atoms with Crippen LogP contribution < -0.4 is 14.9 Å². The largest absolute Gasteiger partial charge is 0.378 e. The number of rotatable bonds is 6. The fraction of sp³-hybridized carbons (Fsp3) is 0.333. The van der Waals surface area contributed by atoms with Crippen LogP contribution in [0.4, 0.5) is 23.0 Å². The van der Waals surface area contributed by atoms with Crippen molar-refractivity contribution in [2.24, 2.45) is 0 Å². The molecule has 0 atom stereocenters. The zero-order valence-corrected chi connectivity index (χ0v) is 20.2. The Hall–Kier alpha value is -3.17. The Bertz CT molecular complexity index is 1230. The smallest absolute Gasteiger partial charge is 0.262 e. The second kappa shape index (κ2) is 9.36. The second-order valence-electron chi connectivity index (χ2n) is 8.29. The SMILES string of the molecule is Cc1cc(C)c(S(=O)(=O)Nc2ccc(Nc3cc(N4CCOCC4)nc(C)n3)cc2)c(C)c1. The lowest BCUT2D eigenvalue weighted by molar-refractivity contribution is 0.122. The molecule has 4 rings (SSSR count). The first kappa shape index (κ1) is 23.0. The first-order valence-corrected chi connectivity index (χ1v) is 12.4. The van der Waals surface area contributed by atoms with Gasteiger partial charge in [0.15, 0.2) is 0 Å². The average molecular weight is 468 g/mol. The number of aryl methyl sites for hydroxylation is 4. The highest BCUT2D eigenvalue weighted by Crippen LogP contribution is 2.26. The molecule has 1 fully saturated rings. The fourth-order valence-corrected chi connectivity index (χ4v) is 5.65. The summed E-state index contributed by atoms with van der Waals surface area (Å²) in [6.07, 6.45) is 0. The third kappa shape index (κ3) is 5.43. The predicted molar refractivity (Wildman–Crippen MR) is 131 cm³/mol. The molecule has 1 aliphatic heterocycles. The molecule has 9 heteroatoms. The lowest BCUT2D eigenvalue weighted by atomic mass is 10.1. The van der Waals surface area contributed by atoms with Gasteiger partial charge < -0.3 is 15.0 Å². The minimum Gasteiger partial charge on any atom is -0.378 e. The average Bonchev–Trinajstić information content (AvgIpc) is 2.74. The fourth-order valence-electron chi connectivity index (χ4n) is 4.14. The summed E-state index contributed by atoms with van der Waals surface area (Å²) in [7, 11) is -3.69. The van der Waals surface area contributed by atoms with E-state index in [1.807, 2.05) is 58.0 Å². The first-order valence-electron chi connectivity index (χ1n) is 10.9. The number of sulfonamides is 1. The van der Waals surface area contributed by atoms with Crippen LogP contribution in [0.5, 0.6) is 0 Å². The second-order valence-corrected chi connectivity index (χ2v) is 9.91. The summed E-state index contributed by atoms with van der Waals surface area (Å²) in [6, 6.07) is 12.8. The third-order valence-corrected chi connectivity index (χ3v) is 7.13. The van der Waals surface area contributed by atoms with Gasteiger partial charge in [-0.2, -0.15) is 0 Å². The van der Waals surface area contributed by atoms with Crippen LogP contribution in [0.3, 0.4) is 0 Å². The van der Waals surface area contributed by atoms with E-state index < -0.39 is 10.0 Å². The number of morpholine rings is 1. The van der Waals surface area contributed by atoms with E-state index in [2.05, 4.69) is 24.9 Å². The van der Waals surface area contributed by atoms with Crippen LogP contribution in [-0.2, 0) is 14.8 Å².